The lowest BCUT2D eigenvalue weighted by Gasteiger charge is -2.26. The minimum Gasteiger partial charge on any atom is -0.507 e. The number of aliphatic hydroxyl groups is 1. The quantitative estimate of drug-likeness (QED) is 0.227. The fourth-order valence-electron chi connectivity index (χ4n) is 4.82. The van der Waals surface area contributed by atoms with Crippen LogP contribution in [0.4, 0.5) is 0 Å². The summed E-state index contributed by atoms with van der Waals surface area (Å²) in [6, 6.07) is 12.2. The summed E-state index contributed by atoms with van der Waals surface area (Å²) < 4.78 is 11.6. The number of Topliss-reactive ketones (excluding diaryl/α,β-unsaturated/α-hetero) is 1. The van der Waals surface area contributed by atoms with Gasteiger partial charge in [-0.1, -0.05) is 25.5 Å². The minimum atomic E-state index is -0.666. The molecule has 1 amide bonds. The number of ketones is 1. The summed E-state index contributed by atoms with van der Waals surface area (Å²) in [5.41, 5.74) is 2.39. The summed E-state index contributed by atoms with van der Waals surface area (Å²) >= 11 is 0. The minimum absolute atomic E-state index is 0.0673. The van der Waals surface area contributed by atoms with Gasteiger partial charge in [0.2, 0.25) is 0 Å². The summed E-state index contributed by atoms with van der Waals surface area (Å²) in [6.45, 7) is 5.94. The summed E-state index contributed by atoms with van der Waals surface area (Å²) in [5.74, 6) is 0.138. The van der Waals surface area contributed by atoms with Gasteiger partial charge in [0.1, 0.15) is 23.4 Å². The van der Waals surface area contributed by atoms with Gasteiger partial charge in [-0.05, 0) is 81.9 Å². The van der Waals surface area contributed by atoms with Crippen molar-refractivity contribution in [2.24, 2.45) is 0 Å². The van der Waals surface area contributed by atoms with E-state index in [2.05, 4.69) is 6.92 Å². The fraction of sp³-hybridized carbons (Fsp3) is 0.448. The Balaban J connectivity index is 1.71. The van der Waals surface area contributed by atoms with Crippen LogP contribution in [0.2, 0.25) is 0 Å². The molecule has 36 heavy (non-hydrogen) atoms. The van der Waals surface area contributed by atoms with Crippen molar-refractivity contribution in [1.29, 1.82) is 0 Å². The second kappa shape index (κ2) is 11.2. The Morgan fingerprint density at radius 2 is 1.89 bits per heavy atom. The van der Waals surface area contributed by atoms with Crippen molar-refractivity contribution in [1.82, 2.24) is 9.80 Å². The molecule has 2 aliphatic heterocycles. The number of ether oxygens (including phenoxy) is 2. The molecule has 0 bridgehead atoms. The first-order valence-corrected chi connectivity index (χ1v) is 12.8. The highest BCUT2D eigenvalue weighted by Gasteiger charge is 2.45. The van der Waals surface area contributed by atoms with Gasteiger partial charge in [0.15, 0.2) is 0 Å². The molecular weight excluding hydrogens is 456 g/mol. The number of fused-ring (bicyclic) bond motifs is 1. The average Bonchev–Trinajstić information content (AvgIpc) is 3.35. The van der Waals surface area contributed by atoms with Gasteiger partial charge in [-0.15, -0.1) is 0 Å². The molecule has 1 saturated heterocycles. The average molecular weight is 493 g/mol. The molecule has 2 unspecified atom stereocenters. The normalized spacial score (nSPS) is 20.6. The number of likely N-dealkylation sites (tertiary alicyclic amines) is 1. The number of nitrogens with zero attached hydrogens (tertiary/aromatic N) is 2. The first-order chi connectivity index (χ1) is 17.3. The summed E-state index contributed by atoms with van der Waals surface area (Å²) in [4.78, 5) is 30.1. The van der Waals surface area contributed by atoms with Gasteiger partial charge in [-0.25, -0.2) is 0 Å². The van der Waals surface area contributed by atoms with E-state index >= 15 is 0 Å². The molecule has 2 atom stereocenters. The smallest absolute Gasteiger partial charge is 0.295 e. The van der Waals surface area contributed by atoms with Crippen molar-refractivity contribution < 1.29 is 24.2 Å². The second-order valence-corrected chi connectivity index (χ2v) is 9.88. The van der Waals surface area contributed by atoms with E-state index in [-0.39, 0.29) is 17.4 Å². The Kier molecular flexibility index (Phi) is 7.99. The Morgan fingerprint density at radius 1 is 1.14 bits per heavy atom. The van der Waals surface area contributed by atoms with Gasteiger partial charge in [0.05, 0.1) is 18.2 Å². The number of hydrogen-bond acceptors (Lipinski definition) is 6. The van der Waals surface area contributed by atoms with E-state index in [1.165, 1.54) is 0 Å². The molecule has 4 rings (SSSR count). The van der Waals surface area contributed by atoms with E-state index in [1.54, 1.807) is 11.0 Å². The highest BCUT2D eigenvalue weighted by atomic mass is 16.5. The van der Waals surface area contributed by atoms with Crippen LogP contribution in [0.25, 0.3) is 5.76 Å². The Morgan fingerprint density at radius 3 is 2.58 bits per heavy atom. The summed E-state index contributed by atoms with van der Waals surface area (Å²) in [7, 11) is 3.95. The first kappa shape index (κ1) is 25.8. The second-order valence-electron chi connectivity index (χ2n) is 9.88. The zero-order chi connectivity index (χ0) is 25.8. The third-order valence-corrected chi connectivity index (χ3v) is 6.68. The van der Waals surface area contributed by atoms with Gasteiger partial charge in [-0.3, -0.25) is 9.59 Å². The van der Waals surface area contributed by atoms with Crippen molar-refractivity contribution in [2.45, 2.75) is 51.7 Å². The van der Waals surface area contributed by atoms with Gasteiger partial charge >= 0.3 is 0 Å². The number of benzene rings is 2. The molecule has 1 N–H and O–H groups in total. The van der Waals surface area contributed by atoms with E-state index in [9.17, 15) is 14.7 Å². The predicted molar refractivity (Wildman–Crippen MR) is 139 cm³/mol. The molecule has 2 heterocycles. The molecule has 2 aromatic carbocycles. The Bertz CT molecular complexity index is 1140. The number of rotatable bonds is 10. The van der Waals surface area contributed by atoms with Gasteiger partial charge < -0.3 is 24.4 Å². The van der Waals surface area contributed by atoms with E-state index in [0.717, 1.165) is 48.4 Å². The van der Waals surface area contributed by atoms with Crippen LogP contribution in [-0.4, -0.2) is 66.5 Å². The zero-order valence-corrected chi connectivity index (χ0v) is 21.6. The largest absolute Gasteiger partial charge is 0.507 e. The van der Waals surface area contributed by atoms with E-state index in [0.29, 0.717) is 25.1 Å². The maximum Gasteiger partial charge on any atom is 0.295 e. The molecule has 0 aromatic heterocycles. The van der Waals surface area contributed by atoms with Crippen LogP contribution >= 0.6 is 0 Å². The third-order valence-electron chi connectivity index (χ3n) is 6.68. The SMILES string of the molecule is CCCCOc1ccc(C2C(=C(O)c3ccc4c(c3)CC(C)O4)C(=O)C(=O)N2CCCN(C)C)cc1. The first-order valence-electron chi connectivity index (χ1n) is 12.8. The summed E-state index contributed by atoms with van der Waals surface area (Å²) in [6.07, 6.45) is 3.53. The van der Waals surface area contributed by atoms with Crippen LogP contribution in [0.5, 0.6) is 11.5 Å². The van der Waals surface area contributed by atoms with Crippen molar-refractivity contribution in [3.63, 3.8) is 0 Å². The highest BCUT2D eigenvalue weighted by Crippen LogP contribution is 2.41. The highest BCUT2D eigenvalue weighted by molar-refractivity contribution is 6.46. The lowest BCUT2D eigenvalue weighted by Crippen LogP contribution is -2.32. The molecular formula is C29H36N2O5. The maximum absolute atomic E-state index is 13.3. The topological polar surface area (TPSA) is 79.3 Å². The number of unbranched alkanes of at least 4 members (excludes halogenated alkanes) is 1. The van der Waals surface area contributed by atoms with Gasteiger partial charge in [-0.2, -0.15) is 0 Å². The molecule has 0 spiro atoms. The van der Waals surface area contributed by atoms with Crippen LogP contribution in [0.1, 0.15) is 55.8 Å². The Labute approximate surface area is 213 Å². The molecule has 2 aliphatic rings. The molecule has 7 nitrogen and oxygen atoms in total. The van der Waals surface area contributed by atoms with Crippen LogP contribution in [0.3, 0.4) is 0 Å². The van der Waals surface area contributed by atoms with E-state index in [4.69, 9.17) is 9.47 Å². The van der Waals surface area contributed by atoms with Gasteiger partial charge in [0, 0.05) is 18.5 Å². The lowest BCUT2D eigenvalue weighted by atomic mass is 9.94. The zero-order valence-electron chi connectivity index (χ0n) is 21.6. The van der Waals surface area contributed by atoms with Gasteiger partial charge in [0.25, 0.3) is 11.7 Å². The van der Waals surface area contributed by atoms with E-state index < -0.39 is 17.7 Å². The van der Waals surface area contributed by atoms with Crippen molar-refractivity contribution in [3.05, 3.63) is 64.7 Å². The maximum atomic E-state index is 13.3. The molecule has 2 aromatic rings. The van der Waals surface area contributed by atoms with Crippen molar-refractivity contribution >= 4 is 17.4 Å². The van der Waals surface area contributed by atoms with Crippen LogP contribution < -0.4 is 9.47 Å². The fourth-order valence-corrected chi connectivity index (χ4v) is 4.82. The third kappa shape index (κ3) is 5.41. The number of carbonyl (C=O) groups excluding carboxylic acids is 2. The Hall–Kier alpha value is -3.32. The summed E-state index contributed by atoms with van der Waals surface area (Å²) in [5, 5.41) is 11.4. The monoisotopic (exact) mass is 492 g/mol. The van der Waals surface area contributed by atoms with Crippen LogP contribution in [0, 0.1) is 0 Å². The van der Waals surface area contributed by atoms with Crippen molar-refractivity contribution in [2.75, 3.05) is 33.8 Å². The number of hydrogen-bond donors (Lipinski definition) is 1. The number of amides is 1. The lowest BCUT2D eigenvalue weighted by molar-refractivity contribution is -0.139. The van der Waals surface area contributed by atoms with E-state index in [1.807, 2.05) is 62.3 Å². The molecule has 192 valence electrons. The molecule has 0 saturated carbocycles. The van der Waals surface area contributed by atoms with Crippen molar-refractivity contribution in [3.8, 4) is 11.5 Å². The standard InChI is InChI=1S/C29H36N2O5/c1-5-6-16-35-23-11-8-20(9-12-23)26-25(28(33)29(34)31(26)15-7-14-30(3)4)27(32)21-10-13-24-22(18-21)17-19(2)36-24/h8-13,18-19,26,32H,5-7,14-17H2,1-4H3. The molecule has 1 fully saturated rings. The number of aliphatic hydroxyl groups excluding tert-OH is 1. The van der Waals surface area contributed by atoms with Crippen LogP contribution in [0.15, 0.2) is 48.0 Å². The predicted octanol–water partition coefficient (Wildman–Crippen LogP) is 4.56. The molecule has 0 radical (unpaired) electrons. The molecule has 7 heteroatoms. The van der Waals surface area contributed by atoms with Crippen LogP contribution in [-0.2, 0) is 16.0 Å². The molecule has 0 aliphatic carbocycles. The number of carbonyl (C=O) groups is 2.